The summed E-state index contributed by atoms with van der Waals surface area (Å²) in [5, 5.41) is 7.42. The van der Waals surface area contributed by atoms with Crippen molar-refractivity contribution < 1.29 is 4.42 Å². The number of anilines is 3. The fourth-order valence-electron chi connectivity index (χ4n) is 7.35. The van der Waals surface area contributed by atoms with E-state index in [9.17, 15) is 0 Å². The average Bonchev–Trinajstić information content (AvgIpc) is 3.54. The third kappa shape index (κ3) is 3.41. The Kier molecular flexibility index (Phi) is 4.99. The van der Waals surface area contributed by atoms with Crippen LogP contribution in [-0.4, -0.2) is 0 Å². The van der Waals surface area contributed by atoms with E-state index in [4.69, 9.17) is 4.42 Å². The van der Waals surface area contributed by atoms with E-state index in [0.29, 0.717) is 0 Å². The monoisotopic (exact) mass is 551 g/mol. The Morgan fingerprint density at radius 2 is 1.21 bits per heavy atom. The third-order valence-electron chi connectivity index (χ3n) is 9.42. The minimum absolute atomic E-state index is 0.153. The molecule has 2 nitrogen and oxygen atoms in total. The largest absolute Gasteiger partial charge is 0.454 e. The van der Waals surface area contributed by atoms with Crippen molar-refractivity contribution >= 4 is 60.5 Å². The fourth-order valence-corrected chi connectivity index (χ4v) is 7.35. The summed E-state index contributed by atoms with van der Waals surface area (Å²) in [5.41, 5.74) is 10.2. The van der Waals surface area contributed by atoms with Gasteiger partial charge in [-0.3, -0.25) is 0 Å². The average molecular weight is 552 g/mol. The van der Waals surface area contributed by atoms with Crippen LogP contribution in [0.1, 0.15) is 25.0 Å². The third-order valence-corrected chi connectivity index (χ3v) is 9.42. The highest BCUT2D eigenvalue weighted by Crippen LogP contribution is 2.56. The Morgan fingerprint density at radius 3 is 2.09 bits per heavy atom. The van der Waals surface area contributed by atoms with E-state index in [1.165, 1.54) is 43.8 Å². The minimum atomic E-state index is -0.153. The first kappa shape index (κ1) is 24.3. The Balaban J connectivity index is 1.36. The number of para-hydroxylation sites is 3. The molecule has 9 rings (SSSR count). The van der Waals surface area contributed by atoms with Gasteiger partial charge in [0.25, 0.3) is 0 Å². The summed E-state index contributed by atoms with van der Waals surface area (Å²) in [5.74, 6) is 0. The topological polar surface area (TPSA) is 16.4 Å². The smallest absolute Gasteiger partial charge is 0.159 e. The van der Waals surface area contributed by atoms with Gasteiger partial charge in [-0.2, -0.15) is 0 Å². The molecule has 204 valence electrons. The SMILES string of the molecule is CC1(C)c2cc3c(ccc4ccccc43)cc2-c2c(N(c3ccccc3)c3cccc4c3oc3ccccc34)cccc21. The molecule has 0 fully saturated rings. The number of furan rings is 1. The summed E-state index contributed by atoms with van der Waals surface area (Å²) in [4.78, 5) is 2.39. The molecule has 0 N–H and O–H groups in total. The maximum atomic E-state index is 6.59. The predicted octanol–water partition coefficient (Wildman–Crippen LogP) is 11.7. The molecule has 43 heavy (non-hydrogen) atoms. The molecule has 0 amide bonds. The molecule has 1 aromatic heterocycles. The van der Waals surface area contributed by atoms with Crippen molar-refractivity contribution in [1.29, 1.82) is 0 Å². The van der Waals surface area contributed by atoms with Crippen molar-refractivity contribution in [3.05, 3.63) is 151 Å². The molecule has 1 aliphatic rings. The van der Waals surface area contributed by atoms with Crippen molar-refractivity contribution in [1.82, 2.24) is 0 Å². The van der Waals surface area contributed by atoms with Gasteiger partial charge in [0.2, 0.25) is 0 Å². The summed E-state index contributed by atoms with van der Waals surface area (Å²) in [6.45, 7) is 4.73. The highest BCUT2D eigenvalue weighted by Gasteiger charge is 2.38. The van der Waals surface area contributed by atoms with Crippen molar-refractivity contribution in [2.75, 3.05) is 4.90 Å². The molecule has 8 aromatic rings. The lowest BCUT2D eigenvalue weighted by Gasteiger charge is -2.28. The zero-order valence-electron chi connectivity index (χ0n) is 24.1. The second kappa shape index (κ2) is 8.83. The first-order valence-electron chi connectivity index (χ1n) is 14.9. The molecule has 0 bridgehead atoms. The lowest BCUT2D eigenvalue weighted by atomic mass is 9.81. The van der Waals surface area contributed by atoms with E-state index >= 15 is 0 Å². The molecule has 0 saturated heterocycles. The van der Waals surface area contributed by atoms with Crippen molar-refractivity contribution in [3.63, 3.8) is 0 Å². The van der Waals surface area contributed by atoms with Gasteiger partial charge in [0.1, 0.15) is 5.58 Å². The minimum Gasteiger partial charge on any atom is -0.454 e. The molecule has 0 atom stereocenters. The van der Waals surface area contributed by atoms with Gasteiger partial charge in [-0.1, -0.05) is 111 Å². The Bertz CT molecular complexity index is 2380. The number of nitrogens with zero attached hydrogens (tertiary/aromatic N) is 1. The van der Waals surface area contributed by atoms with Gasteiger partial charge in [0.05, 0.1) is 11.4 Å². The Morgan fingerprint density at radius 1 is 0.512 bits per heavy atom. The standard InChI is InChI=1S/C41H29NO/c1-41(2)34-18-11-19-36(39(34)33-24-27-23-22-26-12-6-7-15-29(26)32(27)25-35(33)41)42(28-13-4-3-5-14-28)37-20-10-17-31-30-16-8-9-21-38(30)43-40(31)37/h3-25H,1-2H3. The van der Waals surface area contributed by atoms with E-state index in [0.717, 1.165) is 39.0 Å². The lowest BCUT2D eigenvalue weighted by Crippen LogP contribution is -2.16. The highest BCUT2D eigenvalue weighted by molar-refractivity contribution is 6.13. The van der Waals surface area contributed by atoms with Crippen LogP contribution in [0.5, 0.6) is 0 Å². The van der Waals surface area contributed by atoms with Gasteiger partial charge >= 0.3 is 0 Å². The van der Waals surface area contributed by atoms with E-state index in [1.54, 1.807) is 0 Å². The van der Waals surface area contributed by atoms with Crippen LogP contribution in [0.3, 0.4) is 0 Å². The molecule has 7 aromatic carbocycles. The number of benzene rings is 7. The summed E-state index contributed by atoms with van der Waals surface area (Å²) in [7, 11) is 0. The molecule has 0 unspecified atom stereocenters. The van der Waals surface area contributed by atoms with Crippen LogP contribution in [0.2, 0.25) is 0 Å². The number of fused-ring (bicyclic) bond motifs is 9. The molecular weight excluding hydrogens is 522 g/mol. The summed E-state index contributed by atoms with van der Waals surface area (Å²) < 4.78 is 6.59. The molecule has 0 spiro atoms. The Hall–Kier alpha value is -5.34. The van der Waals surface area contributed by atoms with E-state index < -0.39 is 0 Å². The second-order valence-electron chi connectivity index (χ2n) is 12.2. The zero-order valence-corrected chi connectivity index (χ0v) is 24.1. The molecular formula is C41H29NO. The first-order valence-corrected chi connectivity index (χ1v) is 14.9. The molecule has 2 heteroatoms. The maximum absolute atomic E-state index is 6.59. The molecule has 1 heterocycles. The predicted molar refractivity (Wildman–Crippen MR) is 181 cm³/mol. The van der Waals surface area contributed by atoms with Crippen LogP contribution >= 0.6 is 0 Å². The first-order chi connectivity index (χ1) is 21.1. The number of hydrogen-bond donors (Lipinski definition) is 0. The van der Waals surface area contributed by atoms with E-state index in [1.807, 2.05) is 6.07 Å². The molecule has 0 aliphatic heterocycles. The summed E-state index contributed by atoms with van der Waals surface area (Å²) >= 11 is 0. The van der Waals surface area contributed by atoms with E-state index in [-0.39, 0.29) is 5.41 Å². The van der Waals surface area contributed by atoms with Gasteiger partial charge in [-0.05, 0) is 80.7 Å². The molecule has 0 saturated carbocycles. The summed E-state index contributed by atoms with van der Waals surface area (Å²) in [6, 6.07) is 50.4. The van der Waals surface area contributed by atoms with Crippen LogP contribution in [-0.2, 0) is 5.41 Å². The van der Waals surface area contributed by atoms with Gasteiger partial charge in [0, 0.05) is 27.4 Å². The Labute approximate surface area is 250 Å². The fraction of sp³-hybridized carbons (Fsp3) is 0.0732. The van der Waals surface area contributed by atoms with Crippen LogP contribution in [0, 0.1) is 0 Å². The second-order valence-corrected chi connectivity index (χ2v) is 12.2. The van der Waals surface area contributed by atoms with Crippen LogP contribution in [0.25, 0.3) is 54.6 Å². The van der Waals surface area contributed by atoms with Gasteiger partial charge in [-0.15, -0.1) is 0 Å². The van der Waals surface area contributed by atoms with E-state index in [2.05, 4.69) is 152 Å². The van der Waals surface area contributed by atoms with Crippen LogP contribution < -0.4 is 4.90 Å². The van der Waals surface area contributed by atoms with Crippen molar-refractivity contribution in [2.45, 2.75) is 19.3 Å². The van der Waals surface area contributed by atoms with Gasteiger partial charge < -0.3 is 9.32 Å². The summed E-state index contributed by atoms with van der Waals surface area (Å²) in [6.07, 6.45) is 0. The highest BCUT2D eigenvalue weighted by atomic mass is 16.3. The maximum Gasteiger partial charge on any atom is 0.159 e. The zero-order chi connectivity index (χ0) is 28.7. The molecule has 0 radical (unpaired) electrons. The lowest BCUT2D eigenvalue weighted by molar-refractivity contribution is 0.661. The molecule has 1 aliphatic carbocycles. The van der Waals surface area contributed by atoms with Crippen molar-refractivity contribution in [2.24, 2.45) is 0 Å². The quantitative estimate of drug-likeness (QED) is 0.203. The number of hydrogen-bond acceptors (Lipinski definition) is 2. The van der Waals surface area contributed by atoms with Crippen molar-refractivity contribution in [3.8, 4) is 11.1 Å². The normalized spacial score (nSPS) is 13.5. The van der Waals surface area contributed by atoms with Crippen LogP contribution in [0.15, 0.2) is 144 Å². The van der Waals surface area contributed by atoms with Crippen LogP contribution in [0.4, 0.5) is 17.1 Å². The van der Waals surface area contributed by atoms with Gasteiger partial charge in [-0.25, -0.2) is 0 Å². The van der Waals surface area contributed by atoms with Gasteiger partial charge in [0.15, 0.2) is 5.58 Å². The number of rotatable bonds is 3.